The van der Waals surface area contributed by atoms with Crippen LogP contribution in [-0.4, -0.2) is 10.5 Å². The van der Waals surface area contributed by atoms with Crippen LogP contribution in [0.25, 0.3) is 16.9 Å². The van der Waals surface area contributed by atoms with E-state index in [1.165, 1.54) is 22.5 Å². The Morgan fingerprint density at radius 3 is 2.17 bits per heavy atom. The second-order valence-electron chi connectivity index (χ2n) is 6.84. The monoisotopic (exact) mass is 462 g/mol. The lowest BCUT2D eigenvalue weighted by molar-refractivity contribution is 0.0997. The van der Waals surface area contributed by atoms with Crippen molar-refractivity contribution in [2.45, 2.75) is 13.8 Å². The molecule has 0 bridgehead atoms. The van der Waals surface area contributed by atoms with E-state index in [2.05, 4.69) is 88.7 Å². The van der Waals surface area contributed by atoms with Crippen LogP contribution in [0.3, 0.4) is 0 Å². The van der Waals surface area contributed by atoms with E-state index in [0.29, 0.717) is 10.4 Å². The fourth-order valence-electron chi connectivity index (χ4n) is 3.04. The van der Waals surface area contributed by atoms with E-state index in [0.717, 1.165) is 21.4 Å². The maximum Gasteiger partial charge on any atom is 0.280 e. The number of hydrogen-bond acceptors (Lipinski definition) is 2. The Morgan fingerprint density at radius 1 is 0.897 bits per heavy atom. The van der Waals surface area contributed by atoms with E-state index < -0.39 is 0 Å². The molecular weight excluding hydrogens is 444 g/mol. The quantitative estimate of drug-likeness (QED) is 0.350. The molecule has 5 heteroatoms. The number of hydrogen-bond donors (Lipinski definition) is 0. The van der Waals surface area contributed by atoms with Crippen molar-refractivity contribution < 1.29 is 4.79 Å². The minimum Gasteiger partial charge on any atom is -0.285 e. The fourth-order valence-corrected chi connectivity index (χ4v) is 4.40. The average molecular weight is 463 g/mol. The van der Waals surface area contributed by atoms with Gasteiger partial charge < -0.3 is 0 Å². The summed E-state index contributed by atoms with van der Waals surface area (Å²) in [7, 11) is 0. The van der Waals surface area contributed by atoms with Crippen molar-refractivity contribution in [3.63, 3.8) is 0 Å². The van der Waals surface area contributed by atoms with Crippen molar-refractivity contribution >= 4 is 33.2 Å². The Balaban J connectivity index is 1.90. The maximum absolute atomic E-state index is 12.9. The summed E-state index contributed by atoms with van der Waals surface area (Å²) < 4.78 is 2.79. The van der Waals surface area contributed by atoms with Crippen molar-refractivity contribution in [3.05, 3.63) is 104 Å². The second kappa shape index (κ2) is 8.31. The summed E-state index contributed by atoms with van der Waals surface area (Å²) >= 11 is 4.91. The van der Waals surface area contributed by atoms with Gasteiger partial charge in [0.2, 0.25) is 0 Å². The zero-order chi connectivity index (χ0) is 20.4. The summed E-state index contributed by atoms with van der Waals surface area (Å²) in [6, 6.07) is 24.0. The largest absolute Gasteiger partial charge is 0.285 e. The third kappa shape index (κ3) is 4.16. The highest BCUT2D eigenvalue weighted by Crippen LogP contribution is 2.24. The lowest BCUT2D eigenvalue weighted by atomic mass is 10.1. The van der Waals surface area contributed by atoms with Gasteiger partial charge in [0.1, 0.15) is 0 Å². The van der Waals surface area contributed by atoms with Gasteiger partial charge in [0, 0.05) is 15.5 Å². The van der Waals surface area contributed by atoms with Gasteiger partial charge in [0.15, 0.2) is 4.80 Å². The molecule has 4 aromatic rings. The first-order valence-electron chi connectivity index (χ1n) is 9.21. The molecule has 0 saturated heterocycles. The van der Waals surface area contributed by atoms with Crippen LogP contribution in [0.2, 0.25) is 0 Å². The summed E-state index contributed by atoms with van der Waals surface area (Å²) in [5.41, 5.74) is 6.02. The number of rotatable bonds is 3. The molecule has 0 atom stereocenters. The van der Waals surface area contributed by atoms with Gasteiger partial charge >= 0.3 is 0 Å². The van der Waals surface area contributed by atoms with E-state index in [4.69, 9.17) is 0 Å². The molecule has 0 spiro atoms. The topological polar surface area (TPSA) is 34.4 Å². The van der Waals surface area contributed by atoms with Crippen LogP contribution in [-0.2, 0) is 0 Å². The number of aromatic nitrogens is 1. The number of thiazole rings is 1. The lowest BCUT2D eigenvalue weighted by Crippen LogP contribution is -2.16. The maximum atomic E-state index is 12.9. The molecule has 1 heterocycles. The van der Waals surface area contributed by atoms with E-state index in [1.54, 1.807) is 6.07 Å². The Labute approximate surface area is 182 Å². The van der Waals surface area contributed by atoms with Crippen molar-refractivity contribution in [2.24, 2.45) is 4.99 Å². The molecule has 0 radical (unpaired) electrons. The molecule has 1 aromatic heterocycles. The third-order valence-electron chi connectivity index (χ3n) is 4.65. The summed E-state index contributed by atoms with van der Waals surface area (Å²) in [6.45, 7) is 4.13. The summed E-state index contributed by atoms with van der Waals surface area (Å²) in [4.78, 5) is 18.0. The molecule has 0 fully saturated rings. The predicted octanol–water partition coefficient (Wildman–Crippen LogP) is 6.33. The molecule has 1 amide bonds. The molecule has 0 aliphatic rings. The molecule has 3 aromatic carbocycles. The van der Waals surface area contributed by atoms with Gasteiger partial charge in [-0.1, -0.05) is 59.7 Å². The van der Waals surface area contributed by atoms with E-state index in [-0.39, 0.29) is 5.91 Å². The van der Waals surface area contributed by atoms with Crippen LogP contribution in [0.4, 0.5) is 0 Å². The zero-order valence-corrected chi connectivity index (χ0v) is 18.5. The molecule has 0 aliphatic carbocycles. The Kier molecular flexibility index (Phi) is 5.60. The van der Waals surface area contributed by atoms with Gasteiger partial charge in [-0.15, -0.1) is 11.3 Å². The Hall–Kier alpha value is -2.76. The predicted molar refractivity (Wildman–Crippen MR) is 123 cm³/mol. The van der Waals surface area contributed by atoms with Crippen LogP contribution in [0.5, 0.6) is 0 Å². The molecule has 0 N–H and O–H groups in total. The first-order valence-corrected chi connectivity index (χ1v) is 10.9. The first kappa shape index (κ1) is 19.6. The number of benzene rings is 3. The van der Waals surface area contributed by atoms with Gasteiger partial charge in [-0.05, 0) is 59.6 Å². The van der Waals surface area contributed by atoms with Crippen LogP contribution in [0.15, 0.2) is 87.6 Å². The Bertz CT molecular complexity index is 1240. The fraction of sp³-hybridized carbons (Fsp3) is 0.0833. The van der Waals surface area contributed by atoms with Crippen molar-refractivity contribution in [1.82, 2.24) is 4.57 Å². The number of amides is 1. The van der Waals surface area contributed by atoms with Crippen molar-refractivity contribution in [1.29, 1.82) is 0 Å². The minimum absolute atomic E-state index is 0.268. The number of nitrogens with zero attached hydrogens (tertiary/aromatic N) is 2. The highest BCUT2D eigenvalue weighted by molar-refractivity contribution is 9.10. The summed E-state index contributed by atoms with van der Waals surface area (Å²) in [6.07, 6.45) is 0. The summed E-state index contributed by atoms with van der Waals surface area (Å²) in [5, 5.41) is 2.05. The van der Waals surface area contributed by atoms with E-state index >= 15 is 0 Å². The van der Waals surface area contributed by atoms with Gasteiger partial charge in [-0.3, -0.25) is 9.36 Å². The van der Waals surface area contributed by atoms with Crippen molar-refractivity contribution in [3.8, 4) is 16.9 Å². The number of halogens is 1. The molecule has 3 nitrogen and oxygen atoms in total. The molecule has 0 unspecified atom stereocenters. The minimum atomic E-state index is -0.268. The van der Waals surface area contributed by atoms with Gasteiger partial charge in [-0.2, -0.15) is 4.99 Å². The highest BCUT2D eigenvalue weighted by atomic mass is 79.9. The third-order valence-corrected chi connectivity index (χ3v) is 6.17. The first-order chi connectivity index (χ1) is 14.0. The number of aryl methyl sites for hydroxylation is 2. The van der Waals surface area contributed by atoms with Crippen LogP contribution >= 0.6 is 27.3 Å². The van der Waals surface area contributed by atoms with Gasteiger partial charge in [-0.25, -0.2) is 0 Å². The smallest absolute Gasteiger partial charge is 0.280 e. The van der Waals surface area contributed by atoms with Gasteiger partial charge in [0.25, 0.3) is 5.91 Å². The normalized spacial score (nSPS) is 11.6. The SMILES string of the molecule is Cc1ccc(-c2csc(=NC(=O)c3ccccc3Br)n2-c2ccc(C)cc2)cc1. The summed E-state index contributed by atoms with van der Waals surface area (Å²) in [5.74, 6) is -0.268. The Morgan fingerprint density at radius 2 is 1.52 bits per heavy atom. The zero-order valence-electron chi connectivity index (χ0n) is 16.1. The molecule has 4 rings (SSSR count). The number of carbonyl (C=O) groups is 1. The molecule has 144 valence electrons. The van der Waals surface area contributed by atoms with Gasteiger partial charge in [0.05, 0.1) is 11.3 Å². The lowest BCUT2D eigenvalue weighted by Gasteiger charge is -2.10. The van der Waals surface area contributed by atoms with Crippen molar-refractivity contribution in [2.75, 3.05) is 0 Å². The molecule has 29 heavy (non-hydrogen) atoms. The van der Waals surface area contributed by atoms with E-state index in [1.807, 2.05) is 22.8 Å². The molecule has 0 saturated carbocycles. The standard InChI is InChI=1S/C24H19BrN2OS/c1-16-7-11-18(12-8-16)22-15-29-24(27(22)19-13-9-17(2)10-14-19)26-23(28)20-5-3-4-6-21(20)25/h3-15H,1-2H3. The average Bonchev–Trinajstić information content (AvgIpc) is 3.13. The van der Waals surface area contributed by atoms with Crippen LogP contribution in [0.1, 0.15) is 21.5 Å². The molecule has 0 aliphatic heterocycles. The molecular formula is C24H19BrN2OS. The second-order valence-corrected chi connectivity index (χ2v) is 8.53. The van der Waals surface area contributed by atoms with Crippen LogP contribution < -0.4 is 4.80 Å². The highest BCUT2D eigenvalue weighted by Gasteiger charge is 2.13. The van der Waals surface area contributed by atoms with E-state index in [9.17, 15) is 4.79 Å². The number of carbonyl (C=O) groups excluding carboxylic acids is 1. The van der Waals surface area contributed by atoms with Crippen LogP contribution in [0, 0.1) is 13.8 Å².